The van der Waals surface area contributed by atoms with Crippen LogP contribution in [0.25, 0.3) is 0 Å². The first-order chi connectivity index (χ1) is 7.34. The van der Waals surface area contributed by atoms with Crippen LogP contribution in [0.2, 0.25) is 0 Å². The van der Waals surface area contributed by atoms with Gasteiger partial charge in [0.25, 0.3) is 0 Å². The topological polar surface area (TPSA) is 61.1 Å². The van der Waals surface area contributed by atoms with Crippen LogP contribution in [-0.2, 0) is 4.79 Å². The molecule has 0 aliphatic carbocycles. The molecule has 0 aliphatic rings. The lowest BCUT2D eigenvalue weighted by Gasteiger charge is -2.06. The minimum Gasteiger partial charge on any atom is -0.503 e. The maximum absolute atomic E-state index is 12.0. The number of aliphatic hydroxyl groups is 1. The van der Waals surface area contributed by atoms with Crippen molar-refractivity contribution in [1.29, 1.82) is 5.26 Å². The molecule has 16 heavy (non-hydrogen) atoms. The maximum atomic E-state index is 12.0. The number of unbranched alkanes of at least 4 members (excludes halogenated alkanes) is 2. The standard InChI is InChI=1S/C10H12F3NO2/c1-2-3-4-5-8(15)7(6-14)9(16)10(11,12)13/h16H,2-5H2,1H3/b9-7-. The molecule has 0 aliphatic heterocycles. The van der Waals surface area contributed by atoms with Crippen molar-refractivity contribution in [3.63, 3.8) is 0 Å². The van der Waals surface area contributed by atoms with Crippen molar-refractivity contribution in [3.05, 3.63) is 11.3 Å². The van der Waals surface area contributed by atoms with Crippen LogP contribution in [0.5, 0.6) is 0 Å². The van der Waals surface area contributed by atoms with Gasteiger partial charge in [0, 0.05) is 6.42 Å². The van der Waals surface area contributed by atoms with Gasteiger partial charge in [0.05, 0.1) is 0 Å². The zero-order chi connectivity index (χ0) is 12.8. The first kappa shape index (κ1) is 14.5. The number of Topliss-reactive ketones (excluding diaryl/α,β-unsaturated/α-hetero) is 1. The molecule has 0 atom stereocenters. The molecule has 0 saturated carbocycles. The fourth-order valence-electron chi connectivity index (χ4n) is 1.05. The summed E-state index contributed by atoms with van der Waals surface area (Å²) in [6.07, 6.45) is -3.30. The van der Waals surface area contributed by atoms with Crippen molar-refractivity contribution >= 4 is 5.78 Å². The van der Waals surface area contributed by atoms with Crippen molar-refractivity contribution in [3.8, 4) is 6.07 Å². The quantitative estimate of drug-likeness (QED) is 0.345. The van der Waals surface area contributed by atoms with E-state index in [2.05, 4.69) is 0 Å². The van der Waals surface area contributed by atoms with Gasteiger partial charge in [-0.05, 0) is 6.42 Å². The van der Waals surface area contributed by atoms with Gasteiger partial charge < -0.3 is 5.11 Å². The average molecular weight is 235 g/mol. The van der Waals surface area contributed by atoms with Crippen LogP contribution in [0.3, 0.4) is 0 Å². The van der Waals surface area contributed by atoms with Crippen molar-refractivity contribution in [1.82, 2.24) is 0 Å². The molecule has 0 aromatic carbocycles. The van der Waals surface area contributed by atoms with Gasteiger partial charge in [-0.3, -0.25) is 4.79 Å². The van der Waals surface area contributed by atoms with Crippen molar-refractivity contribution in [2.24, 2.45) is 0 Å². The second-order valence-corrected chi connectivity index (χ2v) is 3.21. The summed E-state index contributed by atoms with van der Waals surface area (Å²) in [5.74, 6) is -3.07. The molecule has 0 rings (SSSR count). The fraction of sp³-hybridized carbons (Fsp3) is 0.600. The van der Waals surface area contributed by atoms with E-state index in [0.29, 0.717) is 12.8 Å². The summed E-state index contributed by atoms with van der Waals surface area (Å²) in [6, 6.07) is 1.10. The summed E-state index contributed by atoms with van der Waals surface area (Å²) >= 11 is 0. The molecule has 3 nitrogen and oxygen atoms in total. The maximum Gasteiger partial charge on any atom is 0.450 e. The number of halogens is 3. The van der Waals surface area contributed by atoms with E-state index in [4.69, 9.17) is 10.4 Å². The third kappa shape index (κ3) is 4.34. The highest BCUT2D eigenvalue weighted by Gasteiger charge is 2.38. The molecule has 0 aromatic rings. The van der Waals surface area contributed by atoms with Crippen LogP contribution in [0.4, 0.5) is 13.2 Å². The smallest absolute Gasteiger partial charge is 0.450 e. The minimum atomic E-state index is -5.05. The average Bonchev–Trinajstić information content (AvgIpc) is 2.17. The molecular formula is C10H12F3NO2. The van der Waals surface area contributed by atoms with Crippen LogP contribution in [0.1, 0.15) is 32.6 Å². The summed E-state index contributed by atoms with van der Waals surface area (Å²) in [7, 11) is 0. The highest BCUT2D eigenvalue weighted by atomic mass is 19.4. The highest BCUT2D eigenvalue weighted by Crippen LogP contribution is 2.26. The molecule has 0 bridgehead atoms. The van der Waals surface area contributed by atoms with E-state index in [-0.39, 0.29) is 6.42 Å². The lowest BCUT2D eigenvalue weighted by molar-refractivity contribution is -0.126. The lowest BCUT2D eigenvalue weighted by atomic mass is 10.0. The number of hydrogen-bond donors (Lipinski definition) is 1. The first-order valence-electron chi connectivity index (χ1n) is 4.78. The number of ketones is 1. The number of alkyl halides is 3. The van der Waals surface area contributed by atoms with E-state index >= 15 is 0 Å². The predicted molar refractivity (Wildman–Crippen MR) is 50.5 cm³/mol. The highest BCUT2D eigenvalue weighted by molar-refractivity contribution is 5.99. The van der Waals surface area contributed by atoms with Crippen LogP contribution >= 0.6 is 0 Å². The SMILES string of the molecule is CCCCCC(=O)/C(C#N)=C(\O)C(F)(F)F. The molecule has 1 N–H and O–H groups in total. The molecule has 0 unspecified atom stereocenters. The summed E-state index contributed by atoms with van der Waals surface area (Å²) in [5.41, 5.74) is -1.20. The molecule has 90 valence electrons. The number of nitriles is 1. The third-order valence-corrected chi connectivity index (χ3v) is 1.90. The second kappa shape index (κ2) is 6.16. The number of aliphatic hydroxyl groups excluding tert-OH is 1. The number of nitrogens with zero attached hydrogens (tertiary/aromatic N) is 1. The van der Waals surface area contributed by atoms with Gasteiger partial charge in [0.1, 0.15) is 11.6 Å². The summed E-state index contributed by atoms with van der Waals surface area (Å²) in [5, 5.41) is 17.1. The molecular weight excluding hydrogens is 223 g/mol. The molecule has 0 spiro atoms. The van der Waals surface area contributed by atoms with E-state index in [1.807, 2.05) is 6.92 Å². The number of allylic oxidation sites excluding steroid dienone is 2. The van der Waals surface area contributed by atoms with Crippen LogP contribution in [-0.4, -0.2) is 17.1 Å². The van der Waals surface area contributed by atoms with Gasteiger partial charge in [-0.2, -0.15) is 18.4 Å². The normalized spacial score (nSPS) is 12.9. The lowest BCUT2D eigenvalue weighted by Crippen LogP contribution is -2.17. The molecule has 0 amide bonds. The Balaban J connectivity index is 4.76. The summed E-state index contributed by atoms with van der Waals surface area (Å²) < 4.78 is 36.1. The molecule has 0 fully saturated rings. The Kier molecular flexibility index (Phi) is 5.57. The largest absolute Gasteiger partial charge is 0.503 e. The van der Waals surface area contributed by atoms with Gasteiger partial charge in [0.2, 0.25) is 5.76 Å². The van der Waals surface area contributed by atoms with E-state index in [1.54, 1.807) is 0 Å². The van der Waals surface area contributed by atoms with Crippen molar-refractivity contribution in [2.45, 2.75) is 38.8 Å². The fourth-order valence-corrected chi connectivity index (χ4v) is 1.05. The van der Waals surface area contributed by atoms with Gasteiger partial charge in [0.15, 0.2) is 5.78 Å². The van der Waals surface area contributed by atoms with E-state index in [0.717, 1.165) is 12.5 Å². The van der Waals surface area contributed by atoms with Crippen molar-refractivity contribution in [2.75, 3.05) is 0 Å². The van der Waals surface area contributed by atoms with Crippen LogP contribution in [0.15, 0.2) is 11.3 Å². The van der Waals surface area contributed by atoms with Crippen LogP contribution in [0, 0.1) is 11.3 Å². The van der Waals surface area contributed by atoms with E-state index < -0.39 is 23.3 Å². The Labute approximate surface area is 91.2 Å². The van der Waals surface area contributed by atoms with E-state index in [1.165, 1.54) is 0 Å². The Bertz CT molecular complexity index is 326. The summed E-state index contributed by atoms with van der Waals surface area (Å²) in [6.45, 7) is 1.87. The first-order valence-corrected chi connectivity index (χ1v) is 4.78. The summed E-state index contributed by atoms with van der Waals surface area (Å²) in [4.78, 5) is 11.2. The van der Waals surface area contributed by atoms with Gasteiger partial charge in [-0.1, -0.05) is 19.8 Å². The molecule has 0 radical (unpaired) electrons. The molecule has 0 saturated heterocycles. The number of rotatable bonds is 5. The van der Waals surface area contributed by atoms with Crippen molar-refractivity contribution < 1.29 is 23.1 Å². The van der Waals surface area contributed by atoms with Crippen LogP contribution < -0.4 is 0 Å². The Morgan fingerprint density at radius 2 is 1.94 bits per heavy atom. The number of hydrogen-bond acceptors (Lipinski definition) is 3. The Hall–Kier alpha value is -1.51. The molecule has 0 aromatic heterocycles. The predicted octanol–water partition coefficient (Wildman–Crippen LogP) is 3.03. The number of carbonyl (C=O) groups excluding carboxylic acids is 1. The molecule has 0 heterocycles. The zero-order valence-corrected chi connectivity index (χ0v) is 8.76. The minimum absolute atomic E-state index is 0.156. The molecule has 6 heteroatoms. The van der Waals surface area contributed by atoms with Gasteiger partial charge in [-0.15, -0.1) is 0 Å². The van der Waals surface area contributed by atoms with E-state index in [9.17, 15) is 18.0 Å². The third-order valence-electron chi connectivity index (χ3n) is 1.90. The number of carbonyl (C=O) groups is 1. The monoisotopic (exact) mass is 235 g/mol. The van der Waals surface area contributed by atoms with Gasteiger partial charge in [-0.25, -0.2) is 0 Å². The van der Waals surface area contributed by atoms with Gasteiger partial charge >= 0.3 is 6.18 Å². The Morgan fingerprint density at radius 1 is 1.38 bits per heavy atom. The Morgan fingerprint density at radius 3 is 2.31 bits per heavy atom. The second-order valence-electron chi connectivity index (χ2n) is 3.21. The zero-order valence-electron chi connectivity index (χ0n) is 8.76.